The van der Waals surface area contributed by atoms with E-state index in [0.29, 0.717) is 18.8 Å². The molecule has 0 aliphatic carbocycles. The normalized spacial score (nSPS) is 10.6. The topological polar surface area (TPSA) is 70.8 Å². The molecule has 2 rings (SSSR count). The standard InChI is InChI=1S/C18H19NO5/c1-22-17-10-14(11-18(13-17)23-2)6-3-4-9-24-16-8-5-7-15(12-16)19(20)21/h3-5,7-8,10-13H,6,9H2,1-2H3. The molecule has 0 saturated carbocycles. The maximum absolute atomic E-state index is 10.7. The fourth-order valence-corrected chi connectivity index (χ4v) is 2.10. The van der Waals surface area contributed by atoms with E-state index in [2.05, 4.69) is 0 Å². The summed E-state index contributed by atoms with van der Waals surface area (Å²) >= 11 is 0. The van der Waals surface area contributed by atoms with E-state index in [9.17, 15) is 10.1 Å². The largest absolute Gasteiger partial charge is 0.497 e. The van der Waals surface area contributed by atoms with Gasteiger partial charge < -0.3 is 14.2 Å². The second-order valence-corrected chi connectivity index (χ2v) is 4.96. The SMILES string of the molecule is COc1cc(CC=CCOc2cccc([N+](=O)[O-])c2)cc(OC)c1. The zero-order chi connectivity index (χ0) is 17.4. The minimum atomic E-state index is -0.446. The van der Waals surface area contributed by atoms with Gasteiger partial charge in [0.2, 0.25) is 0 Å². The highest BCUT2D eigenvalue weighted by Crippen LogP contribution is 2.23. The lowest BCUT2D eigenvalue weighted by Crippen LogP contribution is -1.95. The summed E-state index contributed by atoms with van der Waals surface area (Å²) in [6, 6.07) is 11.8. The Hall–Kier alpha value is -3.02. The van der Waals surface area contributed by atoms with Crippen LogP contribution in [0.5, 0.6) is 17.2 Å². The fourth-order valence-electron chi connectivity index (χ4n) is 2.10. The van der Waals surface area contributed by atoms with Crippen molar-refractivity contribution >= 4 is 5.69 Å². The highest BCUT2D eigenvalue weighted by atomic mass is 16.6. The quantitative estimate of drug-likeness (QED) is 0.418. The molecule has 2 aromatic rings. The number of methoxy groups -OCH3 is 2. The molecule has 0 heterocycles. The molecule has 126 valence electrons. The predicted octanol–water partition coefficient (Wildman–Crippen LogP) is 3.79. The van der Waals surface area contributed by atoms with E-state index in [1.54, 1.807) is 26.4 Å². The first-order chi connectivity index (χ1) is 11.6. The zero-order valence-electron chi connectivity index (χ0n) is 13.6. The summed E-state index contributed by atoms with van der Waals surface area (Å²) in [5, 5.41) is 10.7. The van der Waals surface area contributed by atoms with Crippen LogP contribution in [-0.2, 0) is 6.42 Å². The van der Waals surface area contributed by atoms with Crippen LogP contribution in [-0.4, -0.2) is 25.7 Å². The lowest BCUT2D eigenvalue weighted by Gasteiger charge is -2.07. The summed E-state index contributed by atoms with van der Waals surface area (Å²) in [6.45, 7) is 0.336. The van der Waals surface area contributed by atoms with Crippen molar-refractivity contribution in [2.24, 2.45) is 0 Å². The lowest BCUT2D eigenvalue weighted by molar-refractivity contribution is -0.384. The average Bonchev–Trinajstić information content (AvgIpc) is 2.61. The van der Waals surface area contributed by atoms with Crippen molar-refractivity contribution in [3.63, 3.8) is 0 Å². The van der Waals surface area contributed by atoms with E-state index < -0.39 is 4.92 Å². The Kier molecular flexibility index (Phi) is 6.19. The number of benzene rings is 2. The van der Waals surface area contributed by atoms with E-state index in [-0.39, 0.29) is 5.69 Å². The van der Waals surface area contributed by atoms with Gasteiger partial charge >= 0.3 is 0 Å². The van der Waals surface area contributed by atoms with Crippen LogP contribution < -0.4 is 14.2 Å². The minimum absolute atomic E-state index is 0.0138. The van der Waals surface area contributed by atoms with Crippen LogP contribution in [0.4, 0.5) is 5.69 Å². The van der Waals surface area contributed by atoms with Crippen molar-refractivity contribution in [1.29, 1.82) is 0 Å². The Morgan fingerprint density at radius 2 is 1.71 bits per heavy atom. The summed E-state index contributed by atoms with van der Waals surface area (Å²) in [4.78, 5) is 10.3. The second kappa shape index (κ2) is 8.57. The number of non-ortho nitro benzene ring substituents is 1. The predicted molar refractivity (Wildman–Crippen MR) is 91.0 cm³/mol. The molecule has 0 saturated heterocycles. The molecule has 6 heteroatoms. The molecule has 6 nitrogen and oxygen atoms in total. The molecule has 24 heavy (non-hydrogen) atoms. The molecule has 0 bridgehead atoms. The monoisotopic (exact) mass is 329 g/mol. The molecule has 0 amide bonds. The zero-order valence-corrected chi connectivity index (χ0v) is 13.6. The van der Waals surface area contributed by atoms with Gasteiger partial charge in [-0.2, -0.15) is 0 Å². The molecule has 0 fully saturated rings. The van der Waals surface area contributed by atoms with Gasteiger partial charge in [0.25, 0.3) is 5.69 Å². The highest BCUT2D eigenvalue weighted by Gasteiger charge is 2.05. The van der Waals surface area contributed by atoms with Gasteiger partial charge in [0.1, 0.15) is 23.9 Å². The number of allylic oxidation sites excluding steroid dienone is 1. The van der Waals surface area contributed by atoms with Crippen molar-refractivity contribution in [3.8, 4) is 17.2 Å². The number of nitro benzene ring substituents is 1. The van der Waals surface area contributed by atoms with Gasteiger partial charge in [0.05, 0.1) is 25.2 Å². The number of ether oxygens (including phenoxy) is 3. The average molecular weight is 329 g/mol. The van der Waals surface area contributed by atoms with Crippen LogP contribution in [0.3, 0.4) is 0 Å². The summed E-state index contributed by atoms with van der Waals surface area (Å²) in [7, 11) is 3.22. The van der Waals surface area contributed by atoms with E-state index in [0.717, 1.165) is 17.1 Å². The van der Waals surface area contributed by atoms with Crippen molar-refractivity contribution in [1.82, 2.24) is 0 Å². The molecule has 0 aliphatic heterocycles. The van der Waals surface area contributed by atoms with Gasteiger partial charge in [-0.3, -0.25) is 10.1 Å². The third-order valence-electron chi connectivity index (χ3n) is 3.31. The molecule has 0 aliphatic rings. The molecule has 0 spiro atoms. The van der Waals surface area contributed by atoms with Gasteiger partial charge in [0, 0.05) is 12.1 Å². The molecule has 0 unspecified atom stereocenters. The molecule has 0 N–H and O–H groups in total. The summed E-state index contributed by atoms with van der Waals surface area (Å²) in [5.74, 6) is 1.95. The summed E-state index contributed by atoms with van der Waals surface area (Å²) in [6.07, 6.45) is 4.53. The van der Waals surface area contributed by atoms with Crippen molar-refractivity contribution in [2.45, 2.75) is 6.42 Å². The number of hydrogen-bond acceptors (Lipinski definition) is 5. The first-order valence-electron chi connectivity index (χ1n) is 7.36. The van der Waals surface area contributed by atoms with Crippen LogP contribution in [0.1, 0.15) is 5.56 Å². The number of hydrogen-bond donors (Lipinski definition) is 0. The Balaban J connectivity index is 1.89. The molecule has 0 radical (unpaired) electrons. The number of nitrogens with zero attached hydrogens (tertiary/aromatic N) is 1. The van der Waals surface area contributed by atoms with Gasteiger partial charge in [-0.05, 0) is 30.2 Å². The fraction of sp³-hybridized carbons (Fsp3) is 0.222. The van der Waals surface area contributed by atoms with Gasteiger partial charge in [-0.1, -0.05) is 18.2 Å². The Morgan fingerprint density at radius 3 is 2.33 bits per heavy atom. The highest BCUT2D eigenvalue weighted by molar-refractivity contribution is 5.39. The maximum atomic E-state index is 10.7. The van der Waals surface area contributed by atoms with E-state index in [1.165, 1.54) is 12.1 Å². The van der Waals surface area contributed by atoms with E-state index in [4.69, 9.17) is 14.2 Å². The summed E-state index contributed by atoms with van der Waals surface area (Å²) < 4.78 is 15.9. The van der Waals surface area contributed by atoms with E-state index in [1.807, 2.05) is 30.4 Å². The van der Waals surface area contributed by atoms with Crippen LogP contribution >= 0.6 is 0 Å². The minimum Gasteiger partial charge on any atom is -0.497 e. The van der Waals surface area contributed by atoms with Gasteiger partial charge in [-0.15, -0.1) is 0 Å². The first-order valence-corrected chi connectivity index (χ1v) is 7.36. The number of rotatable bonds is 8. The first kappa shape index (κ1) is 17.3. The van der Waals surface area contributed by atoms with Crippen LogP contribution in [0.2, 0.25) is 0 Å². The Bertz CT molecular complexity index is 705. The Morgan fingerprint density at radius 1 is 1.00 bits per heavy atom. The van der Waals surface area contributed by atoms with Gasteiger partial charge in [0.15, 0.2) is 0 Å². The van der Waals surface area contributed by atoms with Crippen LogP contribution in [0.25, 0.3) is 0 Å². The van der Waals surface area contributed by atoms with Crippen LogP contribution in [0, 0.1) is 10.1 Å². The van der Waals surface area contributed by atoms with E-state index >= 15 is 0 Å². The molecular formula is C18H19NO5. The number of nitro groups is 1. The second-order valence-electron chi connectivity index (χ2n) is 4.96. The van der Waals surface area contributed by atoms with Gasteiger partial charge in [-0.25, -0.2) is 0 Å². The van der Waals surface area contributed by atoms with Crippen LogP contribution in [0.15, 0.2) is 54.6 Å². The maximum Gasteiger partial charge on any atom is 0.273 e. The molecule has 0 atom stereocenters. The third kappa shape index (κ3) is 5.01. The third-order valence-corrected chi connectivity index (χ3v) is 3.31. The molecule has 2 aromatic carbocycles. The summed E-state index contributed by atoms with van der Waals surface area (Å²) in [5.41, 5.74) is 1.07. The molecule has 0 aromatic heterocycles. The Labute approximate surface area is 140 Å². The van der Waals surface area contributed by atoms with Crippen molar-refractivity contribution < 1.29 is 19.1 Å². The lowest BCUT2D eigenvalue weighted by atomic mass is 10.1. The smallest absolute Gasteiger partial charge is 0.273 e. The molecular weight excluding hydrogens is 310 g/mol. The van der Waals surface area contributed by atoms with Crippen molar-refractivity contribution in [3.05, 3.63) is 70.3 Å². The van der Waals surface area contributed by atoms with Crippen molar-refractivity contribution in [2.75, 3.05) is 20.8 Å².